The number of hydrogen-bond donors (Lipinski definition) is 0. The monoisotopic (exact) mass is 377 g/mol. The standard InChI is InChI=1S/C19H14F3NO4/c1-26-18(24)16-17(27-11-12-6-3-2-4-7-12)13-8-5-9-15(19(20,21)22)14(13)10-23(16)25/h2-10H,11H2,1H3. The maximum absolute atomic E-state index is 13.3. The second-order valence-electron chi connectivity index (χ2n) is 5.66. The number of fused-ring (bicyclic) bond motifs is 1. The Kier molecular flexibility index (Phi) is 4.89. The lowest BCUT2D eigenvalue weighted by Crippen LogP contribution is -2.36. The van der Waals surface area contributed by atoms with Crippen molar-refractivity contribution in [1.82, 2.24) is 0 Å². The third-order valence-corrected chi connectivity index (χ3v) is 3.94. The minimum atomic E-state index is -4.67. The van der Waals surface area contributed by atoms with Crippen LogP contribution in [0.25, 0.3) is 10.8 Å². The van der Waals surface area contributed by atoms with Gasteiger partial charge in [-0.25, -0.2) is 4.79 Å². The van der Waals surface area contributed by atoms with Gasteiger partial charge in [0, 0.05) is 5.39 Å². The number of aromatic nitrogens is 1. The maximum Gasteiger partial charge on any atom is 0.417 e. The van der Waals surface area contributed by atoms with Gasteiger partial charge in [-0.05, 0) is 11.6 Å². The predicted molar refractivity (Wildman–Crippen MR) is 90.0 cm³/mol. The van der Waals surface area contributed by atoms with Gasteiger partial charge in [-0.15, -0.1) is 0 Å². The third kappa shape index (κ3) is 3.64. The maximum atomic E-state index is 13.3. The van der Waals surface area contributed by atoms with Gasteiger partial charge in [-0.3, -0.25) is 0 Å². The summed E-state index contributed by atoms with van der Waals surface area (Å²) in [5.41, 5.74) is -0.791. The first kappa shape index (κ1) is 18.5. The van der Waals surface area contributed by atoms with Gasteiger partial charge in [0.05, 0.1) is 18.1 Å². The molecule has 0 radical (unpaired) electrons. The highest BCUT2D eigenvalue weighted by Crippen LogP contribution is 2.38. The number of halogens is 3. The van der Waals surface area contributed by atoms with E-state index in [0.29, 0.717) is 6.20 Å². The average Bonchev–Trinajstić information content (AvgIpc) is 2.64. The van der Waals surface area contributed by atoms with Crippen molar-refractivity contribution < 1.29 is 32.2 Å². The lowest BCUT2D eigenvalue weighted by atomic mass is 10.0. The van der Waals surface area contributed by atoms with E-state index >= 15 is 0 Å². The summed E-state index contributed by atoms with van der Waals surface area (Å²) in [7, 11) is 1.07. The Morgan fingerprint density at radius 3 is 2.41 bits per heavy atom. The second kappa shape index (κ2) is 7.14. The van der Waals surface area contributed by atoms with Gasteiger partial charge in [0.25, 0.3) is 0 Å². The van der Waals surface area contributed by atoms with Crippen molar-refractivity contribution in [3.63, 3.8) is 0 Å². The molecule has 0 aliphatic rings. The van der Waals surface area contributed by atoms with E-state index in [2.05, 4.69) is 4.74 Å². The van der Waals surface area contributed by atoms with E-state index in [0.717, 1.165) is 18.7 Å². The third-order valence-electron chi connectivity index (χ3n) is 3.94. The highest BCUT2D eigenvalue weighted by molar-refractivity contribution is 5.98. The first-order valence-electron chi connectivity index (χ1n) is 7.84. The number of hydrogen-bond acceptors (Lipinski definition) is 4. The second-order valence-corrected chi connectivity index (χ2v) is 5.66. The zero-order chi connectivity index (χ0) is 19.6. The molecule has 5 nitrogen and oxygen atoms in total. The largest absolute Gasteiger partial charge is 0.618 e. The van der Waals surface area contributed by atoms with Crippen LogP contribution in [0.1, 0.15) is 21.6 Å². The van der Waals surface area contributed by atoms with Crippen LogP contribution >= 0.6 is 0 Å². The zero-order valence-electron chi connectivity index (χ0n) is 14.1. The molecule has 0 amide bonds. The lowest BCUT2D eigenvalue weighted by Gasteiger charge is -2.15. The van der Waals surface area contributed by atoms with Crippen molar-refractivity contribution in [3.05, 3.63) is 76.8 Å². The SMILES string of the molecule is COC(=O)c1c(OCc2ccccc2)c2cccc(C(F)(F)F)c2c[n+]1[O-]. The van der Waals surface area contributed by atoms with Crippen LogP contribution in [0.2, 0.25) is 0 Å². The molecule has 0 aliphatic heterocycles. The van der Waals surface area contributed by atoms with Crippen LogP contribution in [-0.4, -0.2) is 13.1 Å². The number of pyridine rings is 1. The predicted octanol–water partition coefficient (Wildman–Crippen LogP) is 3.86. The Bertz CT molecular complexity index is 988. The fourth-order valence-corrected chi connectivity index (χ4v) is 2.71. The van der Waals surface area contributed by atoms with Crippen molar-refractivity contribution in [1.29, 1.82) is 0 Å². The molecule has 0 spiro atoms. The molecular weight excluding hydrogens is 363 g/mol. The van der Waals surface area contributed by atoms with Gasteiger partial charge in [-0.1, -0.05) is 42.5 Å². The van der Waals surface area contributed by atoms with Gasteiger partial charge in [0.15, 0.2) is 6.20 Å². The molecule has 3 rings (SSSR count). The summed E-state index contributed by atoms with van der Waals surface area (Å²) in [6.45, 7) is -0.0415. The Hall–Kier alpha value is -3.29. The summed E-state index contributed by atoms with van der Waals surface area (Å²) >= 11 is 0. The van der Waals surface area contributed by atoms with Gasteiger partial charge < -0.3 is 14.7 Å². The molecule has 0 saturated carbocycles. The minimum absolute atomic E-state index is 0.00624. The Morgan fingerprint density at radius 1 is 1.07 bits per heavy atom. The van der Waals surface area contributed by atoms with Crippen LogP contribution in [0.15, 0.2) is 54.7 Å². The number of alkyl halides is 3. The number of carbonyl (C=O) groups excluding carboxylic acids is 1. The number of nitrogens with zero attached hydrogens (tertiary/aromatic N) is 1. The molecule has 0 saturated heterocycles. The van der Waals surface area contributed by atoms with Crippen LogP contribution in [-0.2, 0) is 17.5 Å². The fraction of sp³-hybridized carbons (Fsp3) is 0.158. The molecule has 0 fully saturated rings. The minimum Gasteiger partial charge on any atom is -0.618 e. The summed E-state index contributed by atoms with van der Waals surface area (Å²) in [5, 5.41) is 11.9. The molecule has 1 aromatic heterocycles. The summed E-state index contributed by atoms with van der Waals surface area (Å²) < 4.78 is 50.2. The molecule has 0 unspecified atom stereocenters. The number of rotatable bonds is 4. The van der Waals surface area contributed by atoms with E-state index in [4.69, 9.17) is 4.74 Å². The first-order chi connectivity index (χ1) is 12.8. The van der Waals surface area contributed by atoms with E-state index in [-0.39, 0.29) is 27.9 Å². The fourth-order valence-electron chi connectivity index (χ4n) is 2.71. The highest BCUT2D eigenvalue weighted by Gasteiger charge is 2.36. The number of esters is 1. The molecule has 3 aromatic rings. The Balaban J connectivity index is 2.21. The molecule has 8 heteroatoms. The summed E-state index contributed by atoms with van der Waals surface area (Å²) in [6.07, 6.45) is -3.96. The lowest BCUT2D eigenvalue weighted by molar-refractivity contribution is -0.607. The van der Waals surface area contributed by atoms with Crippen LogP contribution in [0.4, 0.5) is 13.2 Å². The van der Waals surface area contributed by atoms with E-state index < -0.39 is 23.4 Å². The number of carbonyl (C=O) groups is 1. The molecule has 0 N–H and O–H groups in total. The molecule has 2 aromatic carbocycles. The van der Waals surface area contributed by atoms with Gasteiger partial charge in [0.2, 0.25) is 5.75 Å². The van der Waals surface area contributed by atoms with E-state index in [9.17, 15) is 23.2 Å². The molecule has 0 bridgehead atoms. The highest BCUT2D eigenvalue weighted by atomic mass is 19.4. The van der Waals surface area contributed by atoms with Crippen LogP contribution in [0.5, 0.6) is 5.75 Å². The van der Waals surface area contributed by atoms with Crippen molar-refractivity contribution in [2.75, 3.05) is 7.11 Å². The van der Waals surface area contributed by atoms with E-state index in [1.54, 1.807) is 30.3 Å². The van der Waals surface area contributed by atoms with Gasteiger partial charge >= 0.3 is 17.8 Å². The van der Waals surface area contributed by atoms with E-state index in [1.807, 2.05) is 0 Å². The first-order valence-corrected chi connectivity index (χ1v) is 7.84. The molecule has 140 valence electrons. The van der Waals surface area contributed by atoms with Crippen molar-refractivity contribution in [2.45, 2.75) is 12.8 Å². The van der Waals surface area contributed by atoms with Crippen molar-refractivity contribution in [2.24, 2.45) is 0 Å². The molecule has 1 heterocycles. The van der Waals surface area contributed by atoms with Gasteiger partial charge in [-0.2, -0.15) is 17.9 Å². The molecule has 0 atom stereocenters. The summed E-state index contributed by atoms with van der Waals surface area (Å²) in [4.78, 5) is 12.0. The number of ether oxygens (including phenoxy) is 2. The van der Waals surface area contributed by atoms with Crippen molar-refractivity contribution in [3.8, 4) is 5.75 Å². The topological polar surface area (TPSA) is 62.5 Å². The summed E-state index contributed by atoms with van der Waals surface area (Å²) in [6, 6.07) is 12.2. The van der Waals surface area contributed by atoms with Crippen LogP contribution in [0.3, 0.4) is 0 Å². The quantitative estimate of drug-likeness (QED) is 0.394. The molecular formula is C19H14F3NO4. The van der Waals surface area contributed by atoms with Gasteiger partial charge in [0.1, 0.15) is 6.61 Å². The molecule has 27 heavy (non-hydrogen) atoms. The number of methoxy groups -OCH3 is 1. The van der Waals surface area contributed by atoms with Crippen LogP contribution in [0, 0.1) is 5.21 Å². The Morgan fingerprint density at radius 2 is 1.78 bits per heavy atom. The average molecular weight is 377 g/mol. The van der Waals surface area contributed by atoms with Crippen molar-refractivity contribution >= 4 is 16.7 Å². The normalized spacial score (nSPS) is 11.4. The summed E-state index contributed by atoms with van der Waals surface area (Å²) in [5.74, 6) is -1.27. The smallest absolute Gasteiger partial charge is 0.417 e. The number of benzene rings is 2. The van der Waals surface area contributed by atoms with Crippen LogP contribution < -0.4 is 9.47 Å². The zero-order valence-corrected chi connectivity index (χ0v) is 14.1. The molecule has 0 aliphatic carbocycles. The van der Waals surface area contributed by atoms with E-state index in [1.165, 1.54) is 12.1 Å². The Labute approximate surface area is 152 Å².